The van der Waals surface area contributed by atoms with Gasteiger partial charge in [-0.3, -0.25) is 4.79 Å². The Bertz CT molecular complexity index is 417. The van der Waals surface area contributed by atoms with Crippen LogP contribution in [0.2, 0.25) is 0 Å². The molecule has 17 heavy (non-hydrogen) atoms. The highest BCUT2D eigenvalue weighted by molar-refractivity contribution is 9.10. The van der Waals surface area contributed by atoms with E-state index in [1.54, 1.807) is 18.2 Å². The lowest BCUT2D eigenvalue weighted by molar-refractivity contribution is 0.0696. The van der Waals surface area contributed by atoms with Gasteiger partial charge in [-0.15, -0.1) is 0 Å². The molecule has 92 valence electrons. The molecule has 0 unspecified atom stereocenters. The number of anilines is 1. The zero-order chi connectivity index (χ0) is 12.3. The summed E-state index contributed by atoms with van der Waals surface area (Å²) >= 11 is 3.31. The Labute approximate surface area is 109 Å². The highest BCUT2D eigenvalue weighted by Crippen LogP contribution is 2.20. The zero-order valence-corrected chi connectivity index (χ0v) is 11.0. The molecule has 0 bridgehead atoms. The van der Waals surface area contributed by atoms with E-state index in [1.165, 1.54) is 0 Å². The van der Waals surface area contributed by atoms with E-state index in [-0.39, 0.29) is 11.9 Å². The number of nitrogen functional groups attached to an aromatic ring is 1. The van der Waals surface area contributed by atoms with Crippen molar-refractivity contribution in [1.29, 1.82) is 0 Å². The molecule has 1 amide bonds. The molecule has 3 N–H and O–H groups in total. The van der Waals surface area contributed by atoms with E-state index in [2.05, 4.69) is 21.2 Å². The van der Waals surface area contributed by atoms with Gasteiger partial charge < -0.3 is 15.8 Å². The minimum Gasteiger partial charge on any atom is -0.398 e. The zero-order valence-electron chi connectivity index (χ0n) is 9.41. The van der Waals surface area contributed by atoms with Gasteiger partial charge in [0.05, 0.1) is 0 Å². The number of halogens is 1. The smallest absolute Gasteiger partial charge is 0.251 e. The van der Waals surface area contributed by atoms with Crippen LogP contribution in [0.25, 0.3) is 0 Å². The van der Waals surface area contributed by atoms with Crippen LogP contribution in [0.5, 0.6) is 0 Å². The normalized spacial score (nSPS) is 16.8. The molecule has 1 heterocycles. The van der Waals surface area contributed by atoms with E-state index in [1.807, 2.05) is 0 Å². The van der Waals surface area contributed by atoms with Crippen molar-refractivity contribution in [1.82, 2.24) is 5.32 Å². The van der Waals surface area contributed by atoms with Crippen LogP contribution in [-0.4, -0.2) is 25.2 Å². The molecule has 0 radical (unpaired) electrons. The number of rotatable bonds is 2. The van der Waals surface area contributed by atoms with Gasteiger partial charge in [-0.05, 0) is 47.0 Å². The second-order valence-electron chi connectivity index (χ2n) is 4.10. The van der Waals surface area contributed by atoms with Crippen molar-refractivity contribution < 1.29 is 9.53 Å². The summed E-state index contributed by atoms with van der Waals surface area (Å²) in [5, 5.41) is 3.00. The van der Waals surface area contributed by atoms with Crippen molar-refractivity contribution in [2.24, 2.45) is 0 Å². The van der Waals surface area contributed by atoms with E-state index in [0.717, 1.165) is 30.5 Å². The van der Waals surface area contributed by atoms with Gasteiger partial charge in [-0.25, -0.2) is 0 Å². The number of hydrogen-bond donors (Lipinski definition) is 2. The fourth-order valence-electron chi connectivity index (χ4n) is 1.78. The lowest BCUT2D eigenvalue weighted by atomic mass is 10.1. The molecule has 0 saturated carbocycles. The first-order chi connectivity index (χ1) is 8.16. The molecule has 1 aromatic carbocycles. The van der Waals surface area contributed by atoms with E-state index >= 15 is 0 Å². The number of ether oxygens (including phenoxy) is 1. The van der Waals surface area contributed by atoms with Gasteiger partial charge in [-0.2, -0.15) is 0 Å². The quantitative estimate of drug-likeness (QED) is 0.820. The molecule has 5 heteroatoms. The third kappa shape index (κ3) is 3.20. The maximum Gasteiger partial charge on any atom is 0.251 e. The lowest BCUT2D eigenvalue weighted by Gasteiger charge is -2.23. The predicted molar refractivity (Wildman–Crippen MR) is 69.9 cm³/mol. The van der Waals surface area contributed by atoms with Gasteiger partial charge in [-0.1, -0.05) is 0 Å². The van der Waals surface area contributed by atoms with Crippen molar-refractivity contribution in [3.63, 3.8) is 0 Å². The molecule has 4 nitrogen and oxygen atoms in total. The van der Waals surface area contributed by atoms with Gasteiger partial charge >= 0.3 is 0 Å². The molecular formula is C12H15BrN2O2. The minimum absolute atomic E-state index is 0.0578. The Hall–Kier alpha value is -1.07. The van der Waals surface area contributed by atoms with Gasteiger partial charge in [0.15, 0.2) is 0 Å². The third-order valence-electron chi connectivity index (χ3n) is 2.82. The summed E-state index contributed by atoms with van der Waals surface area (Å²) in [4.78, 5) is 12.0. The summed E-state index contributed by atoms with van der Waals surface area (Å²) in [6.45, 7) is 1.44. The van der Waals surface area contributed by atoms with Crippen molar-refractivity contribution in [3.8, 4) is 0 Å². The number of hydrogen-bond acceptors (Lipinski definition) is 3. The molecule has 1 saturated heterocycles. The van der Waals surface area contributed by atoms with E-state index < -0.39 is 0 Å². The molecular weight excluding hydrogens is 284 g/mol. The average Bonchev–Trinajstić information content (AvgIpc) is 2.34. The molecule has 0 atom stereocenters. The number of amides is 1. The first-order valence-electron chi connectivity index (χ1n) is 5.60. The average molecular weight is 299 g/mol. The first-order valence-corrected chi connectivity index (χ1v) is 6.40. The summed E-state index contributed by atoms with van der Waals surface area (Å²) < 4.78 is 5.99. The number of benzene rings is 1. The topological polar surface area (TPSA) is 64.4 Å². The molecule has 2 rings (SSSR count). The second-order valence-corrected chi connectivity index (χ2v) is 4.95. The van der Waals surface area contributed by atoms with Crippen molar-refractivity contribution in [2.45, 2.75) is 18.9 Å². The maximum absolute atomic E-state index is 12.0. The van der Waals surface area contributed by atoms with Crippen LogP contribution < -0.4 is 11.1 Å². The van der Waals surface area contributed by atoms with E-state index in [9.17, 15) is 4.79 Å². The number of carbonyl (C=O) groups is 1. The fraction of sp³-hybridized carbons (Fsp3) is 0.417. The molecule has 0 aromatic heterocycles. The van der Waals surface area contributed by atoms with Crippen LogP contribution in [0.15, 0.2) is 22.7 Å². The molecule has 1 fully saturated rings. The highest BCUT2D eigenvalue weighted by Gasteiger charge is 2.17. The minimum atomic E-state index is -0.0578. The van der Waals surface area contributed by atoms with Gasteiger partial charge in [0.2, 0.25) is 0 Å². The summed E-state index contributed by atoms with van der Waals surface area (Å²) in [6, 6.07) is 5.41. The first kappa shape index (κ1) is 12.4. The Morgan fingerprint density at radius 1 is 1.41 bits per heavy atom. The Balaban J connectivity index is 2.01. The van der Waals surface area contributed by atoms with Crippen molar-refractivity contribution >= 4 is 27.5 Å². The van der Waals surface area contributed by atoms with Gasteiger partial charge in [0.1, 0.15) is 0 Å². The van der Waals surface area contributed by atoms with Crippen molar-refractivity contribution in [3.05, 3.63) is 28.2 Å². The largest absolute Gasteiger partial charge is 0.398 e. The molecule has 0 aliphatic carbocycles. The monoisotopic (exact) mass is 298 g/mol. The Kier molecular flexibility index (Phi) is 4.02. The summed E-state index contributed by atoms with van der Waals surface area (Å²) in [7, 11) is 0. The van der Waals surface area contributed by atoms with Gasteiger partial charge in [0, 0.05) is 35.0 Å². The highest BCUT2D eigenvalue weighted by atomic mass is 79.9. The number of nitrogens with one attached hydrogen (secondary N) is 1. The second kappa shape index (κ2) is 5.51. The number of carbonyl (C=O) groups excluding carboxylic acids is 1. The molecule has 0 spiro atoms. The molecule has 1 aliphatic heterocycles. The van der Waals surface area contributed by atoms with Gasteiger partial charge in [0.25, 0.3) is 5.91 Å². The van der Waals surface area contributed by atoms with Crippen LogP contribution in [-0.2, 0) is 4.74 Å². The summed E-state index contributed by atoms with van der Waals surface area (Å²) in [6.07, 6.45) is 1.75. The summed E-state index contributed by atoms with van der Waals surface area (Å²) in [5.74, 6) is -0.0578. The van der Waals surface area contributed by atoms with Crippen LogP contribution >= 0.6 is 15.9 Å². The third-order valence-corrected chi connectivity index (χ3v) is 3.51. The standard InChI is InChI=1S/C12H15BrN2O2/c13-10-7-8(1-2-11(10)14)12(16)15-9-3-5-17-6-4-9/h1-2,7,9H,3-6,14H2,(H,15,16). The van der Waals surface area contributed by atoms with E-state index in [0.29, 0.717) is 11.3 Å². The predicted octanol–water partition coefficient (Wildman–Crippen LogP) is 1.94. The lowest BCUT2D eigenvalue weighted by Crippen LogP contribution is -2.38. The summed E-state index contributed by atoms with van der Waals surface area (Å²) in [5.41, 5.74) is 6.93. The van der Waals surface area contributed by atoms with Crippen LogP contribution in [0.1, 0.15) is 23.2 Å². The fourth-order valence-corrected chi connectivity index (χ4v) is 2.16. The number of nitrogens with two attached hydrogens (primary N) is 1. The maximum atomic E-state index is 12.0. The molecule has 1 aliphatic rings. The van der Waals surface area contributed by atoms with Crippen molar-refractivity contribution in [2.75, 3.05) is 18.9 Å². The van der Waals surface area contributed by atoms with Crippen LogP contribution in [0, 0.1) is 0 Å². The van der Waals surface area contributed by atoms with Crippen LogP contribution in [0.3, 0.4) is 0 Å². The SMILES string of the molecule is Nc1ccc(C(=O)NC2CCOCC2)cc1Br. The molecule has 1 aromatic rings. The Morgan fingerprint density at radius 3 is 2.76 bits per heavy atom. The van der Waals surface area contributed by atoms with E-state index in [4.69, 9.17) is 10.5 Å². The Morgan fingerprint density at radius 2 is 2.12 bits per heavy atom. The van der Waals surface area contributed by atoms with Crippen LogP contribution in [0.4, 0.5) is 5.69 Å².